The van der Waals surface area contributed by atoms with Crippen molar-refractivity contribution in [2.75, 3.05) is 5.32 Å². The number of halogens is 4. The number of benzene rings is 1. The van der Waals surface area contributed by atoms with E-state index in [9.17, 15) is 18.4 Å². The Kier molecular flexibility index (Phi) is 6.85. The molecule has 0 aliphatic rings. The number of hydrogen-bond donors (Lipinski definition) is 2. The molecule has 0 unspecified atom stereocenters. The van der Waals surface area contributed by atoms with E-state index in [0.717, 1.165) is 0 Å². The molecule has 2 aromatic rings. The van der Waals surface area contributed by atoms with Crippen LogP contribution in [0.3, 0.4) is 0 Å². The first-order valence-corrected chi connectivity index (χ1v) is 8.94. The number of nitrogens with one attached hydrogen (secondary N) is 2. The number of nitrogens with zero attached hydrogens (tertiary/aromatic N) is 2. The van der Waals surface area contributed by atoms with Crippen LogP contribution in [-0.4, -0.2) is 28.1 Å². The van der Waals surface area contributed by atoms with Crippen molar-refractivity contribution in [1.82, 2.24) is 15.5 Å². The van der Waals surface area contributed by atoms with Crippen LogP contribution in [0.2, 0.25) is 10.0 Å². The van der Waals surface area contributed by atoms with Crippen molar-refractivity contribution < 1.29 is 18.4 Å². The minimum atomic E-state index is -2.77. The molecule has 11 heteroatoms. The third kappa shape index (κ3) is 5.09. The first-order chi connectivity index (χ1) is 12.2. The SMILES string of the molecule is CC(C)[C@H](NC(=O)c1ccc(Cl)cc1Cl)C(=O)Nc1nnc(C(F)F)s1. The van der Waals surface area contributed by atoms with Crippen LogP contribution in [0.5, 0.6) is 0 Å². The van der Waals surface area contributed by atoms with Gasteiger partial charge in [0.25, 0.3) is 12.3 Å². The third-order valence-corrected chi connectivity index (χ3v) is 4.66. The number of aromatic nitrogens is 2. The summed E-state index contributed by atoms with van der Waals surface area (Å²) in [5.41, 5.74) is 0.158. The summed E-state index contributed by atoms with van der Waals surface area (Å²) in [5, 5.41) is 11.7. The molecule has 1 aromatic carbocycles. The van der Waals surface area contributed by atoms with Crippen molar-refractivity contribution in [1.29, 1.82) is 0 Å². The maximum absolute atomic E-state index is 12.5. The Morgan fingerprint density at radius 1 is 1.19 bits per heavy atom. The Labute approximate surface area is 161 Å². The van der Waals surface area contributed by atoms with Gasteiger partial charge in [-0.3, -0.25) is 14.9 Å². The quantitative estimate of drug-likeness (QED) is 0.731. The lowest BCUT2D eigenvalue weighted by atomic mass is 10.0. The molecule has 6 nitrogen and oxygen atoms in total. The fourth-order valence-corrected chi connectivity index (χ4v) is 3.08. The Hall–Kier alpha value is -1.84. The van der Waals surface area contributed by atoms with Crippen LogP contribution in [0.25, 0.3) is 0 Å². The van der Waals surface area contributed by atoms with Crippen molar-refractivity contribution in [3.05, 3.63) is 38.8 Å². The van der Waals surface area contributed by atoms with Crippen molar-refractivity contribution in [3.63, 3.8) is 0 Å². The fourth-order valence-electron chi connectivity index (χ4n) is 1.98. The summed E-state index contributed by atoms with van der Waals surface area (Å²) < 4.78 is 25.1. The number of anilines is 1. The van der Waals surface area contributed by atoms with Gasteiger partial charge in [0.15, 0.2) is 5.01 Å². The van der Waals surface area contributed by atoms with E-state index in [0.29, 0.717) is 16.4 Å². The molecule has 0 spiro atoms. The Bertz CT molecular complexity index is 817. The predicted octanol–water partition coefficient (Wildman–Crippen LogP) is 4.18. The molecule has 1 heterocycles. The highest BCUT2D eigenvalue weighted by molar-refractivity contribution is 7.15. The van der Waals surface area contributed by atoms with Gasteiger partial charge < -0.3 is 5.32 Å². The highest BCUT2D eigenvalue weighted by Crippen LogP contribution is 2.25. The molecule has 0 radical (unpaired) electrons. The van der Waals surface area contributed by atoms with E-state index in [4.69, 9.17) is 23.2 Å². The molecule has 0 aliphatic heterocycles. The minimum absolute atomic E-state index is 0.0743. The van der Waals surface area contributed by atoms with E-state index in [1.165, 1.54) is 18.2 Å². The lowest BCUT2D eigenvalue weighted by Crippen LogP contribution is -2.47. The fraction of sp³-hybridized carbons (Fsp3) is 0.333. The maximum Gasteiger partial charge on any atom is 0.291 e. The van der Waals surface area contributed by atoms with Crippen molar-refractivity contribution in [2.24, 2.45) is 5.92 Å². The topological polar surface area (TPSA) is 84.0 Å². The highest BCUT2D eigenvalue weighted by Gasteiger charge is 2.27. The number of carbonyl (C=O) groups is 2. The summed E-state index contributed by atoms with van der Waals surface area (Å²) in [4.78, 5) is 24.8. The molecule has 0 bridgehead atoms. The first kappa shape index (κ1) is 20.5. The maximum atomic E-state index is 12.5. The molecule has 26 heavy (non-hydrogen) atoms. The van der Waals surface area contributed by atoms with Gasteiger partial charge in [-0.15, -0.1) is 10.2 Å². The van der Waals surface area contributed by atoms with Gasteiger partial charge in [0.1, 0.15) is 6.04 Å². The van der Waals surface area contributed by atoms with Crippen LogP contribution >= 0.6 is 34.5 Å². The lowest BCUT2D eigenvalue weighted by molar-refractivity contribution is -0.118. The summed E-state index contributed by atoms with van der Waals surface area (Å²) in [7, 11) is 0. The van der Waals surface area contributed by atoms with Crippen LogP contribution in [0.15, 0.2) is 18.2 Å². The van der Waals surface area contributed by atoms with E-state index >= 15 is 0 Å². The molecular formula is C15H14Cl2F2N4O2S. The largest absolute Gasteiger partial charge is 0.340 e. The smallest absolute Gasteiger partial charge is 0.291 e. The summed E-state index contributed by atoms with van der Waals surface area (Å²) in [6.07, 6.45) is -2.77. The second-order valence-electron chi connectivity index (χ2n) is 5.55. The minimum Gasteiger partial charge on any atom is -0.340 e. The van der Waals surface area contributed by atoms with Crippen molar-refractivity contribution in [3.8, 4) is 0 Å². The molecule has 2 amide bonds. The van der Waals surface area contributed by atoms with Gasteiger partial charge in [0, 0.05) is 5.02 Å². The monoisotopic (exact) mass is 422 g/mol. The molecule has 140 valence electrons. The second-order valence-corrected chi connectivity index (χ2v) is 7.41. The zero-order valence-corrected chi connectivity index (χ0v) is 15.9. The molecule has 1 atom stereocenters. The van der Waals surface area contributed by atoms with Crippen LogP contribution in [0, 0.1) is 5.92 Å². The Morgan fingerprint density at radius 2 is 1.88 bits per heavy atom. The van der Waals surface area contributed by atoms with Gasteiger partial charge in [-0.2, -0.15) is 0 Å². The van der Waals surface area contributed by atoms with Crippen LogP contribution < -0.4 is 10.6 Å². The number of carbonyl (C=O) groups excluding carboxylic acids is 2. The molecule has 0 saturated carbocycles. The number of amides is 2. The molecule has 0 aliphatic carbocycles. The average Bonchev–Trinajstić information content (AvgIpc) is 3.00. The average molecular weight is 423 g/mol. The predicted molar refractivity (Wildman–Crippen MR) is 96.0 cm³/mol. The van der Waals surface area contributed by atoms with Crippen LogP contribution in [0.1, 0.15) is 35.6 Å². The van der Waals surface area contributed by atoms with E-state index in [1.807, 2.05) is 0 Å². The third-order valence-electron chi connectivity index (χ3n) is 3.27. The van der Waals surface area contributed by atoms with Crippen molar-refractivity contribution >= 4 is 51.5 Å². The standard InChI is InChI=1S/C15H14Cl2F2N4O2S/c1-6(2)10(13(25)21-15-23-22-14(26-15)11(18)19)20-12(24)8-4-3-7(16)5-9(8)17/h3-6,10-11H,1-2H3,(H,20,24)(H,21,23,25)/t10-/m0/s1. The summed E-state index contributed by atoms with van der Waals surface area (Å²) in [5.74, 6) is -1.45. The summed E-state index contributed by atoms with van der Waals surface area (Å²) in [6, 6.07) is 3.41. The van der Waals surface area contributed by atoms with Gasteiger partial charge in [-0.1, -0.05) is 48.4 Å². The molecule has 2 N–H and O–H groups in total. The zero-order chi connectivity index (χ0) is 19.4. The normalized spacial score (nSPS) is 12.3. The summed E-state index contributed by atoms with van der Waals surface area (Å²) in [6.45, 7) is 3.44. The van der Waals surface area contributed by atoms with Gasteiger partial charge in [0.05, 0.1) is 10.6 Å². The number of alkyl halides is 2. The Morgan fingerprint density at radius 3 is 2.42 bits per heavy atom. The zero-order valence-electron chi connectivity index (χ0n) is 13.6. The number of hydrogen-bond acceptors (Lipinski definition) is 5. The second kappa shape index (κ2) is 8.70. The van der Waals surface area contributed by atoms with Crippen LogP contribution in [-0.2, 0) is 4.79 Å². The Balaban J connectivity index is 2.11. The molecule has 2 rings (SSSR count). The van der Waals surface area contributed by atoms with E-state index in [-0.39, 0.29) is 21.6 Å². The molecule has 1 aromatic heterocycles. The van der Waals surface area contributed by atoms with Gasteiger partial charge in [-0.25, -0.2) is 8.78 Å². The molecule has 0 fully saturated rings. The van der Waals surface area contributed by atoms with E-state index < -0.39 is 29.3 Å². The van der Waals surface area contributed by atoms with Gasteiger partial charge in [0.2, 0.25) is 11.0 Å². The van der Waals surface area contributed by atoms with E-state index in [1.54, 1.807) is 13.8 Å². The number of rotatable bonds is 6. The van der Waals surface area contributed by atoms with Crippen LogP contribution in [0.4, 0.5) is 13.9 Å². The van der Waals surface area contributed by atoms with Gasteiger partial charge in [-0.05, 0) is 24.1 Å². The van der Waals surface area contributed by atoms with Gasteiger partial charge >= 0.3 is 0 Å². The van der Waals surface area contributed by atoms with E-state index in [2.05, 4.69) is 20.8 Å². The lowest BCUT2D eigenvalue weighted by Gasteiger charge is -2.21. The van der Waals surface area contributed by atoms with Crippen molar-refractivity contribution in [2.45, 2.75) is 26.3 Å². The molecular weight excluding hydrogens is 409 g/mol. The molecule has 0 saturated heterocycles. The summed E-state index contributed by atoms with van der Waals surface area (Å²) >= 11 is 12.4. The highest BCUT2D eigenvalue weighted by atomic mass is 35.5. The first-order valence-electron chi connectivity index (χ1n) is 7.37.